The molecule has 0 saturated heterocycles. The first-order chi connectivity index (χ1) is 7.42. The normalized spacial score (nSPS) is 22.1. The molecule has 1 aliphatic carbocycles. The van der Waals surface area contributed by atoms with Gasteiger partial charge in [-0.3, -0.25) is 9.69 Å². The molecule has 3 nitrogen and oxygen atoms in total. The Morgan fingerprint density at radius 1 is 1.44 bits per heavy atom. The van der Waals surface area contributed by atoms with E-state index in [9.17, 15) is 18.0 Å². The second-order valence-electron chi connectivity index (χ2n) is 4.13. The number of alkyl halides is 3. The summed E-state index contributed by atoms with van der Waals surface area (Å²) in [5.41, 5.74) is 0. The van der Waals surface area contributed by atoms with Gasteiger partial charge in [-0.15, -0.1) is 0 Å². The fourth-order valence-electron chi connectivity index (χ4n) is 2.02. The summed E-state index contributed by atoms with van der Waals surface area (Å²) in [6, 6.07) is 0. The van der Waals surface area contributed by atoms with Crippen LogP contribution < -0.4 is 0 Å². The molecule has 1 fully saturated rings. The maximum atomic E-state index is 12.2. The van der Waals surface area contributed by atoms with Gasteiger partial charge in [-0.05, 0) is 12.8 Å². The number of hydrogen-bond acceptors (Lipinski definition) is 3. The van der Waals surface area contributed by atoms with Crippen molar-refractivity contribution in [2.45, 2.75) is 25.4 Å². The summed E-state index contributed by atoms with van der Waals surface area (Å²) in [5.74, 6) is -0.237. The van der Waals surface area contributed by atoms with E-state index in [0.717, 1.165) is 11.3 Å². The van der Waals surface area contributed by atoms with Crippen LogP contribution in [0.1, 0.15) is 19.3 Å². The molecule has 1 unspecified atom stereocenters. The zero-order valence-electron chi connectivity index (χ0n) is 8.96. The summed E-state index contributed by atoms with van der Waals surface area (Å²) in [4.78, 5) is 12.4. The molecular weight excluding hydrogens is 223 g/mol. The lowest BCUT2D eigenvalue weighted by Crippen LogP contribution is -2.40. The Hall–Kier alpha value is -0.620. The van der Waals surface area contributed by atoms with Crippen LogP contribution in [0.4, 0.5) is 13.2 Å². The third-order valence-electron chi connectivity index (χ3n) is 2.73. The monoisotopic (exact) mass is 239 g/mol. The minimum absolute atomic E-state index is 0.0384. The number of ketones is 1. The van der Waals surface area contributed by atoms with Gasteiger partial charge in [0.2, 0.25) is 0 Å². The highest BCUT2D eigenvalue weighted by Crippen LogP contribution is 2.24. The van der Waals surface area contributed by atoms with E-state index in [1.807, 2.05) is 0 Å². The van der Waals surface area contributed by atoms with E-state index in [4.69, 9.17) is 5.11 Å². The average Bonchev–Trinajstić information content (AvgIpc) is 2.49. The van der Waals surface area contributed by atoms with Gasteiger partial charge in [-0.1, -0.05) is 0 Å². The van der Waals surface area contributed by atoms with Crippen molar-refractivity contribution < 1.29 is 23.1 Å². The second-order valence-corrected chi connectivity index (χ2v) is 4.13. The molecule has 94 valence electrons. The molecule has 1 aliphatic rings. The molecule has 1 atom stereocenters. The lowest BCUT2D eigenvalue weighted by molar-refractivity contribution is -0.149. The van der Waals surface area contributed by atoms with Crippen LogP contribution in [0.5, 0.6) is 0 Å². The number of Topliss-reactive ketones (excluding diaryl/α,β-unsaturated/α-hetero) is 1. The van der Waals surface area contributed by atoms with Gasteiger partial charge in [0, 0.05) is 25.4 Å². The average molecular weight is 239 g/mol. The second kappa shape index (κ2) is 5.63. The molecule has 1 rings (SSSR count). The van der Waals surface area contributed by atoms with E-state index >= 15 is 0 Å². The van der Waals surface area contributed by atoms with Crippen molar-refractivity contribution in [3.63, 3.8) is 0 Å². The molecule has 0 aliphatic heterocycles. The van der Waals surface area contributed by atoms with E-state index in [0.29, 0.717) is 12.8 Å². The van der Waals surface area contributed by atoms with Crippen molar-refractivity contribution in [2.24, 2.45) is 5.92 Å². The zero-order chi connectivity index (χ0) is 12.2. The Balaban J connectivity index is 2.47. The van der Waals surface area contributed by atoms with Gasteiger partial charge in [0.15, 0.2) is 0 Å². The number of aliphatic hydroxyl groups excluding tert-OH is 1. The lowest BCUT2D eigenvalue weighted by Gasteiger charge is -2.24. The molecule has 0 heterocycles. The first kappa shape index (κ1) is 13.4. The van der Waals surface area contributed by atoms with Crippen LogP contribution in [0.3, 0.4) is 0 Å². The van der Waals surface area contributed by atoms with Crippen molar-refractivity contribution in [3.05, 3.63) is 0 Å². The van der Waals surface area contributed by atoms with Crippen molar-refractivity contribution >= 4 is 5.78 Å². The van der Waals surface area contributed by atoms with E-state index in [1.54, 1.807) is 0 Å². The van der Waals surface area contributed by atoms with Crippen molar-refractivity contribution in [1.82, 2.24) is 4.90 Å². The van der Waals surface area contributed by atoms with Crippen molar-refractivity contribution in [2.75, 3.05) is 26.2 Å². The highest BCUT2D eigenvalue weighted by Gasteiger charge is 2.33. The van der Waals surface area contributed by atoms with E-state index < -0.39 is 12.7 Å². The number of nitrogens with zero attached hydrogens (tertiary/aromatic N) is 1. The molecule has 0 radical (unpaired) electrons. The quantitative estimate of drug-likeness (QED) is 0.784. The first-order valence-corrected chi connectivity index (χ1v) is 5.35. The van der Waals surface area contributed by atoms with E-state index in [2.05, 4.69) is 0 Å². The molecule has 1 saturated carbocycles. The third kappa shape index (κ3) is 4.49. The maximum Gasteiger partial charge on any atom is 0.401 e. The van der Waals surface area contributed by atoms with E-state index in [1.165, 1.54) is 0 Å². The van der Waals surface area contributed by atoms with Gasteiger partial charge in [-0.25, -0.2) is 0 Å². The minimum atomic E-state index is -4.28. The largest absolute Gasteiger partial charge is 0.401 e. The molecule has 0 spiro atoms. The van der Waals surface area contributed by atoms with Gasteiger partial charge in [0.05, 0.1) is 13.2 Å². The lowest BCUT2D eigenvalue weighted by atomic mass is 10.1. The van der Waals surface area contributed by atoms with Crippen molar-refractivity contribution in [3.8, 4) is 0 Å². The van der Waals surface area contributed by atoms with Gasteiger partial charge in [0.25, 0.3) is 0 Å². The first-order valence-electron chi connectivity index (χ1n) is 5.35. The number of halogens is 3. The van der Waals surface area contributed by atoms with Gasteiger partial charge < -0.3 is 5.11 Å². The summed E-state index contributed by atoms with van der Waals surface area (Å²) < 4.78 is 36.6. The SMILES string of the molecule is O=C1CCCC1CN(CCO)CC(F)(F)F. The summed E-state index contributed by atoms with van der Waals surface area (Å²) in [6.45, 7) is -1.31. The fraction of sp³-hybridized carbons (Fsp3) is 0.900. The molecule has 6 heteroatoms. The van der Waals surface area contributed by atoms with Crippen LogP contribution in [0.15, 0.2) is 0 Å². The van der Waals surface area contributed by atoms with Gasteiger partial charge in [-0.2, -0.15) is 13.2 Å². The number of aliphatic hydroxyl groups is 1. The van der Waals surface area contributed by atoms with Crippen molar-refractivity contribution in [1.29, 1.82) is 0 Å². The van der Waals surface area contributed by atoms with Gasteiger partial charge >= 0.3 is 6.18 Å². The van der Waals surface area contributed by atoms with E-state index in [-0.39, 0.29) is 31.4 Å². The Labute approximate surface area is 92.2 Å². The molecule has 0 bridgehead atoms. The molecule has 1 N–H and O–H groups in total. The molecule has 0 aromatic carbocycles. The number of rotatable bonds is 5. The standard InChI is InChI=1S/C10H16F3NO2/c11-10(12,13)7-14(4-5-15)6-8-2-1-3-9(8)16/h8,15H,1-7H2. The molecule has 0 aromatic heterocycles. The number of hydrogen-bond donors (Lipinski definition) is 1. The number of carbonyl (C=O) groups is 1. The highest BCUT2D eigenvalue weighted by molar-refractivity contribution is 5.83. The molecule has 0 amide bonds. The van der Waals surface area contributed by atoms with Gasteiger partial charge in [0.1, 0.15) is 5.78 Å². The van der Waals surface area contributed by atoms with Crippen LogP contribution >= 0.6 is 0 Å². The predicted molar refractivity (Wildman–Crippen MR) is 51.9 cm³/mol. The smallest absolute Gasteiger partial charge is 0.395 e. The van der Waals surface area contributed by atoms with Crippen LogP contribution in [0, 0.1) is 5.92 Å². The molecule has 0 aromatic rings. The maximum absolute atomic E-state index is 12.2. The topological polar surface area (TPSA) is 40.5 Å². The zero-order valence-corrected chi connectivity index (χ0v) is 8.96. The summed E-state index contributed by atoms with van der Waals surface area (Å²) in [7, 11) is 0. The summed E-state index contributed by atoms with van der Waals surface area (Å²) in [6.07, 6.45) is -2.37. The Kier molecular flexibility index (Phi) is 4.73. The van der Waals surface area contributed by atoms with Crippen LogP contribution in [0.25, 0.3) is 0 Å². The molecule has 16 heavy (non-hydrogen) atoms. The number of carbonyl (C=O) groups excluding carboxylic acids is 1. The van der Waals surface area contributed by atoms with Crippen LogP contribution in [-0.2, 0) is 4.79 Å². The predicted octanol–water partition coefficient (Wildman–Crippen LogP) is 1.21. The Bertz CT molecular complexity index is 243. The summed E-state index contributed by atoms with van der Waals surface area (Å²) in [5, 5.41) is 8.68. The summed E-state index contributed by atoms with van der Waals surface area (Å²) >= 11 is 0. The fourth-order valence-corrected chi connectivity index (χ4v) is 2.02. The minimum Gasteiger partial charge on any atom is -0.395 e. The highest BCUT2D eigenvalue weighted by atomic mass is 19.4. The van der Waals surface area contributed by atoms with Crippen LogP contribution in [0.2, 0.25) is 0 Å². The third-order valence-corrected chi connectivity index (χ3v) is 2.73. The molecular formula is C10H16F3NO2. The Morgan fingerprint density at radius 3 is 2.56 bits per heavy atom. The van der Waals surface area contributed by atoms with Crippen LogP contribution in [-0.4, -0.2) is 48.2 Å². The Morgan fingerprint density at radius 2 is 2.12 bits per heavy atom.